The van der Waals surface area contributed by atoms with Gasteiger partial charge < -0.3 is 15.7 Å². The van der Waals surface area contributed by atoms with E-state index in [1.165, 1.54) is 6.07 Å². The van der Waals surface area contributed by atoms with Crippen molar-refractivity contribution in [3.63, 3.8) is 0 Å². The molecule has 1 unspecified atom stereocenters. The van der Waals surface area contributed by atoms with Gasteiger partial charge in [-0.15, -0.1) is 0 Å². The van der Waals surface area contributed by atoms with E-state index in [0.717, 1.165) is 0 Å². The molecule has 0 aliphatic carbocycles. The van der Waals surface area contributed by atoms with Gasteiger partial charge in [0, 0.05) is 19.5 Å². The minimum absolute atomic E-state index is 0.245. The van der Waals surface area contributed by atoms with E-state index in [1.54, 1.807) is 7.05 Å². The van der Waals surface area contributed by atoms with Crippen LogP contribution in [0.5, 0.6) is 0 Å². The first-order valence-electron chi connectivity index (χ1n) is 5.41. The number of nitrogens with zero attached hydrogens (tertiary/aromatic N) is 2. The van der Waals surface area contributed by atoms with Crippen LogP contribution in [-0.2, 0) is 6.42 Å². The van der Waals surface area contributed by atoms with Gasteiger partial charge in [-0.1, -0.05) is 6.92 Å². The highest BCUT2D eigenvalue weighted by molar-refractivity contribution is 5.47. The van der Waals surface area contributed by atoms with Crippen LogP contribution in [0.1, 0.15) is 12.7 Å². The Morgan fingerprint density at radius 2 is 1.94 bits per heavy atom. The first kappa shape index (κ1) is 14.5. The van der Waals surface area contributed by atoms with Crippen molar-refractivity contribution in [2.75, 3.05) is 24.2 Å². The Balaban J connectivity index is 2.72. The van der Waals surface area contributed by atoms with E-state index < -0.39 is 18.8 Å². The highest BCUT2D eigenvalue weighted by Gasteiger charge is 2.37. The fraction of sp³-hybridized carbons (Fsp3) is 0.600. The first-order chi connectivity index (χ1) is 8.36. The van der Waals surface area contributed by atoms with Crippen LogP contribution in [0.2, 0.25) is 0 Å². The fourth-order valence-corrected chi connectivity index (χ4v) is 1.19. The molecule has 1 rings (SSSR count). The Morgan fingerprint density at radius 3 is 2.44 bits per heavy atom. The minimum atomic E-state index is -4.64. The zero-order chi connectivity index (χ0) is 13.8. The summed E-state index contributed by atoms with van der Waals surface area (Å²) >= 11 is 0. The maximum atomic E-state index is 12.1. The molecule has 8 heteroatoms. The quantitative estimate of drug-likeness (QED) is 0.750. The number of hydrogen-bond acceptors (Lipinski definition) is 5. The summed E-state index contributed by atoms with van der Waals surface area (Å²) in [4.78, 5) is 8.11. The van der Waals surface area contributed by atoms with Crippen molar-refractivity contribution in [3.8, 4) is 0 Å². The molecule has 5 nitrogen and oxygen atoms in total. The zero-order valence-electron chi connectivity index (χ0n) is 10.0. The molecule has 0 spiro atoms. The molecule has 0 bridgehead atoms. The van der Waals surface area contributed by atoms with Crippen molar-refractivity contribution in [1.82, 2.24) is 9.97 Å². The molecule has 0 radical (unpaired) electrons. The number of halogens is 3. The molecule has 0 aromatic carbocycles. The van der Waals surface area contributed by atoms with E-state index in [9.17, 15) is 13.2 Å². The predicted octanol–water partition coefficient (Wildman–Crippen LogP) is 1.42. The third-order valence-electron chi connectivity index (χ3n) is 2.20. The molecule has 1 heterocycles. The Bertz CT molecular complexity index is 375. The summed E-state index contributed by atoms with van der Waals surface area (Å²) in [5.74, 6) is 1.26. The van der Waals surface area contributed by atoms with Gasteiger partial charge in [-0.25, -0.2) is 9.97 Å². The van der Waals surface area contributed by atoms with E-state index in [0.29, 0.717) is 18.1 Å². The van der Waals surface area contributed by atoms with Crippen LogP contribution < -0.4 is 10.6 Å². The van der Waals surface area contributed by atoms with Gasteiger partial charge in [0.2, 0.25) is 0 Å². The maximum Gasteiger partial charge on any atom is 0.416 e. The average molecular weight is 264 g/mol. The number of aliphatic hydroxyl groups excluding tert-OH is 1. The van der Waals surface area contributed by atoms with E-state index in [2.05, 4.69) is 20.6 Å². The van der Waals surface area contributed by atoms with Gasteiger partial charge in [0.15, 0.2) is 6.10 Å². The van der Waals surface area contributed by atoms with Gasteiger partial charge in [-0.3, -0.25) is 0 Å². The Morgan fingerprint density at radius 1 is 1.33 bits per heavy atom. The second-order valence-corrected chi connectivity index (χ2v) is 3.60. The minimum Gasteiger partial charge on any atom is -0.382 e. The van der Waals surface area contributed by atoms with Crippen LogP contribution in [0.3, 0.4) is 0 Å². The topological polar surface area (TPSA) is 70.1 Å². The number of hydrogen-bond donors (Lipinski definition) is 3. The lowest BCUT2D eigenvalue weighted by atomic mass is 10.3. The molecule has 0 amide bonds. The third-order valence-corrected chi connectivity index (χ3v) is 2.20. The van der Waals surface area contributed by atoms with Crippen molar-refractivity contribution in [2.45, 2.75) is 25.6 Å². The largest absolute Gasteiger partial charge is 0.416 e. The van der Waals surface area contributed by atoms with Gasteiger partial charge in [-0.05, 0) is 0 Å². The molecule has 0 aliphatic heterocycles. The highest BCUT2D eigenvalue weighted by atomic mass is 19.4. The average Bonchev–Trinajstić information content (AvgIpc) is 2.34. The molecule has 1 atom stereocenters. The van der Waals surface area contributed by atoms with Crippen molar-refractivity contribution in [1.29, 1.82) is 0 Å². The molecule has 0 saturated carbocycles. The molecular formula is C10H15F3N4O. The lowest BCUT2D eigenvalue weighted by Gasteiger charge is -2.16. The van der Waals surface area contributed by atoms with Crippen molar-refractivity contribution < 1.29 is 18.3 Å². The molecule has 1 aromatic heterocycles. The summed E-state index contributed by atoms with van der Waals surface area (Å²) in [6.07, 6.45) is -6.50. The smallest absolute Gasteiger partial charge is 0.382 e. The molecule has 18 heavy (non-hydrogen) atoms. The van der Waals surface area contributed by atoms with Crippen molar-refractivity contribution >= 4 is 11.6 Å². The fourth-order valence-electron chi connectivity index (χ4n) is 1.19. The number of aryl methyl sites for hydroxylation is 1. The number of alkyl halides is 3. The van der Waals surface area contributed by atoms with Crippen LogP contribution in [-0.4, -0.2) is 40.9 Å². The number of rotatable bonds is 5. The van der Waals surface area contributed by atoms with Crippen LogP contribution in [0.4, 0.5) is 24.8 Å². The molecule has 0 aliphatic rings. The summed E-state index contributed by atoms with van der Waals surface area (Å²) in [7, 11) is 1.65. The van der Waals surface area contributed by atoms with E-state index >= 15 is 0 Å². The number of aromatic nitrogens is 2. The zero-order valence-corrected chi connectivity index (χ0v) is 10.0. The van der Waals surface area contributed by atoms with Gasteiger partial charge in [0.1, 0.15) is 17.5 Å². The number of nitrogens with one attached hydrogen (secondary N) is 2. The summed E-state index contributed by atoms with van der Waals surface area (Å²) in [5, 5.41) is 14.1. The summed E-state index contributed by atoms with van der Waals surface area (Å²) in [5.41, 5.74) is 0. The molecule has 3 N–H and O–H groups in total. The summed E-state index contributed by atoms with van der Waals surface area (Å²) < 4.78 is 36.3. The lowest BCUT2D eigenvalue weighted by molar-refractivity contribution is -0.198. The number of anilines is 2. The van der Waals surface area contributed by atoms with Crippen LogP contribution in [0.25, 0.3) is 0 Å². The molecule has 1 aromatic rings. The number of aliphatic hydroxyl groups is 1. The van der Waals surface area contributed by atoms with Crippen LogP contribution in [0.15, 0.2) is 6.07 Å². The van der Waals surface area contributed by atoms with Crippen molar-refractivity contribution in [3.05, 3.63) is 11.9 Å². The second-order valence-electron chi connectivity index (χ2n) is 3.60. The predicted molar refractivity (Wildman–Crippen MR) is 61.5 cm³/mol. The third kappa shape index (κ3) is 4.02. The normalized spacial score (nSPS) is 13.2. The monoisotopic (exact) mass is 264 g/mol. The lowest BCUT2D eigenvalue weighted by Crippen LogP contribution is -2.35. The van der Waals surface area contributed by atoms with Gasteiger partial charge in [0.05, 0.1) is 6.54 Å². The maximum absolute atomic E-state index is 12.1. The Kier molecular flexibility index (Phi) is 4.71. The first-order valence-corrected chi connectivity index (χ1v) is 5.41. The second kappa shape index (κ2) is 5.85. The van der Waals surface area contributed by atoms with E-state index in [4.69, 9.17) is 5.11 Å². The highest BCUT2D eigenvalue weighted by Crippen LogP contribution is 2.20. The molecular weight excluding hydrogens is 249 g/mol. The molecule has 0 saturated heterocycles. The molecule has 102 valence electrons. The summed E-state index contributed by atoms with van der Waals surface area (Å²) in [6.45, 7) is 1.19. The van der Waals surface area contributed by atoms with Gasteiger partial charge in [-0.2, -0.15) is 13.2 Å². The van der Waals surface area contributed by atoms with Gasteiger partial charge >= 0.3 is 6.18 Å². The van der Waals surface area contributed by atoms with Crippen molar-refractivity contribution in [2.24, 2.45) is 0 Å². The van der Waals surface area contributed by atoms with E-state index in [1.807, 2.05) is 6.92 Å². The Labute approximate surface area is 102 Å². The summed E-state index contributed by atoms with van der Waals surface area (Å²) in [6, 6.07) is 1.47. The SMILES string of the molecule is CCc1nc(NC)cc(NCC(O)C(F)(F)F)n1. The molecule has 0 fully saturated rings. The van der Waals surface area contributed by atoms with Gasteiger partial charge in [0.25, 0.3) is 0 Å². The van der Waals surface area contributed by atoms with Crippen LogP contribution >= 0.6 is 0 Å². The standard InChI is InChI=1S/C10H15F3N4O/c1-3-7-16-8(14-2)4-9(17-7)15-5-6(18)10(11,12)13/h4,6,18H,3,5H2,1-2H3,(H2,14,15,16,17). The Hall–Kier alpha value is -1.57. The van der Waals surface area contributed by atoms with Crippen LogP contribution in [0, 0.1) is 0 Å². The van der Waals surface area contributed by atoms with E-state index in [-0.39, 0.29) is 5.82 Å².